The highest BCUT2D eigenvalue weighted by Crippen LogP contribution is 2.35. The Morgan fingerprint density at radius 1 is 1.29 bits per heavy atom. The quantitative estimate of drug-likeness (QED) is 0.922. The molecular formula is C16H30N4O. The summed E-state index contributed by atoms with van der Waals surface area (Å²) in [4.78, 5) is 2.25. The smallest absolute Gasteiger partial charge is 0.318 e. The van der Waals surface area contributed by atoms with E-state index in [0.29, 0.717) is 17.3 Å². The molecule has 5 nitrogen and oxygen atoms in total. The van der Waals surface area contributed by atoms with Crippen molar-refractivity contribution in [1.82, 2.24) is 15.5 Å². The number of rotatable bonds is 4. The molecule has 0 aromatic carbocycles. The van der Waals surface area contributed by atoms with Crippen LogP contribution in [0.25, 0.3) is 0 Å². The molecule has 5 heteroatoms. The summed E-state index contributed by atoms with van der Waals surface area (Å²) in [5.74, 6) is 1.45. The van der Waals surface area contributed by atoms with Crippen LogP contribution in [0.4, 0.5) is 6.01 Å². The molecule has 0 bridgehead atoms. The topological polar surface area (TPSA) is 54.2 Å². The summed E-state index contributed by atoms with van der Waals surface area (Å²) < 4.78 is 5.86. The monoisotopic (exact) mass is 294 g/mol. The first-order chi connectivity index (χ1) is 9.91. The van der Waals surface area contributed by atoms with E-state index in [1.165, 1.54) is 19.3 Å². The predicted octanol–water partition coefficient (Wildman–Crippen LogP) is 3.39. The van der Waals surface area contributed by atoms with Gasteiger partial charge >= 0.3 is 6.01 Å². The molecule has 1 aromatic rings. The first-order valence-corrected chi connectivity index (χ1v) is 8.23. The van der Waals surface area contributed by atoms with Gasteiger partial charge in [0, 0.05) is 13.1 Å². The van der Waals surface area contributed by atoms with Crippen molar-refractivity contribution in [2.24, 2.45) is 11.3 Å². The third kappa shape index (κ3) is 4.19. The van der Waals surface area contributed by atoms with Gasteiger partial charge in [0.2, 0.25) is 5.89 Å². The van der Waals surface area contributed by atoms with E-state index >= 15 is 0 Å². The van der Waals surface area contributed by atoms with Gasteiger partial charge in [-0.3, -0.25) is 0 Å². The zero-order valence-electron chi connectivity index (χ0n) is 14.1. The summed E-state index contributed by atoms with van der Waals surface area (Å²) in [5.41, 5.74) is 0.384. The van der Waals surface area contributed by atoms with Crippen molar-refractivity contribution in [3.05, 3.63) is 5.89 Å². The maximum atomic E-state index is 5.86. The second kappa shape index (κ2) is 6.77. The number of hydrogen-bond donors (Lipinski definition) is 1. The van der Waals surface area contributed by atoms with E-state index in [2.05, 4.69) is 55.0 Å². The standard InChI is InChI=1S/C16H30N4O/c1-6-17-12(2)14-18-19-15(21-14)20-10-7-8-13(9-11-20)16(3,4)5/h12-13,17H,6-11H2,1-5H3. The molecule has 1 fully saturated rings. The Bertz CT molecular complexity index is 438. The second-order valence-corrected chi connectivity index (χ2v) is 7.18. The Morgan fingerprint density at radius 2 is 2.05 bits per heavy atom. The molecule has 1 saturated heterocycles. The summed E-state index contributed by atoms with van der Waals surface area (Å²) >= 11 is 0. The number of nitrogens with one attached hydrogen (secondary N) is 1. The second-order valence-electron chi connectivity index (χ2n) is 7.18. The molecule has 0 amide bonds. The Hall–Kier alpha value is -1.10. The minimum atomic E-state index is 0.116. The third-order valence-corrected chi connectivity index (χ3v) is 4.53. The number of hydrogen-bond acceptors (Lipinski definition) is 5. The van der Waals surface area contributed by atoms with Crippen molar-refractivity contribution in [3.63, 3.8) is 0 Å². The molecule has 0 aliphatic carbocycles. The summed E-state index contributed by atoms with van der Waals surface area (Å²) in [5, 5.41) is 11.7. The van der Waals surface area contributed by atoms with Crippen molar-refractivity contribution < 1.29 is 4.42 Å². The van der Waals surface area contributed by atoms with Crippen LogP contribution in [0.5, 0.6) is 0 Å². The van der Waals surface area contributed by atoms with Crippen molar-refractivity contribution in [2.75, 3.05) is 24.5 Å². The fourth-order valence-corrected chi connectivity index (χ4v) is 3.08. The van der Waals surface area contributed by atoms with Gasteiger partial charge in [0.25, 0.3) is 0 Å². The number of nitrogens with zero attached hydrogens (tertiary/aromatic N) is 3. The van der Waals surface area contributed by atoms with Crippen molar-refractivity contribution in [2.45, 2.75) is 59.9 Å². The average Bonchev–Trinajstić information content (AvgIpc) is 2.75. The van der Waals surface area contributed by atoms with Gasteiger partial charge in [0.05, 0.1) is 6.04 Å². The van der Waals surface area contributed by atoms with Crippen LogP contribution in [0, 0.1) is 11.3 Å². The summed E-state index contributed by atoms with van der Waals surface area (Å²) in [7, 11) is 0. The molecule has 21 heavy (non-hydrogen) atoms. The van der Waals surface area contributed by atoms with Gasteiger partial charge in [-0.25, -0.2) is 0 Å². The fraction of sp³-hybridized carbons (Fsp3) is 0.875. The Balaban J connectivity index is 1.99. The van der Waals surface area contributed by atoms with Gasteiger partial charge in [0.15, 0.2) is 0 Å². The maximum Gasteiger partial charge on any atom is 0.318 e. The fourth-order valence-electron chi connectivity index (χ4n) is 3.08. The molecule has 2 atom stereocenters. The summed E-state index contributed by atoms with van der Waals surface area (Å²) in [6.07, 6.45) is 3.68. The lowest BCUT2D eigenvalue weighted by molar-refractivity contribution is 0.220. The first-order valence-electron chi connectivity index (χ1n) is 8.23. The van der Waals surface area contributed by atoms with E-state index in [-0.39, 0.29) is 6.04 Å². The van der Waals surface area contributed by atoms with E-state index in [1.54, 1.807) is 0 Å². The molecule has 1 aliphatic rings. The molecule has 2 heterocycles. The molecule has 1 N–H and O–H groups in total. The van der Waals surface area contributed by atoms with Crippen LogP contribution in [0.15, 0.2) is 4.42 Å². The largest absolute Gasteiger partial charge is 0.406 e. The average molecular weight is 294 g/mol. The highest BCUT2D eigenvalue weighted by Gasteiger charge is 2.28. The SMILES string of the molecule is CCNC(C)c1nnc(N2CCCC(C(C)(C)C)CC2)o1. The van der Waals surface area contributed by atoms with Gasteiger partial charge in [-0.1, -0.05) is 32.8 Å². The Morgan fingerprint density at radius 3 is 2.71 bits per heavy atom. The first kappa shape index (κ1) is 16.3. The molecule has 120 valence electrons. The molecule has 0 spiro atoms. The Kier molecular flexibility index (Phi) is 5.25. The highest BCUT2D eigenvalue weighted by molar-refractivity contribution is 5.24. The van der Waals surface area contributed by atoms with Crippen molar-refractivity contribution >= 4 is 6.01 Å². The molecule has 0 saturated carbocycles. The minimum absolute atomic E-state index is 0.116. The number of anilines is 1. The van der Waals surface area contributed by atoms with Crippen LogP contribution < -0.4 is 10.2 Å². The zero-order valence-corrected chi connectivity index (χ0v) is 14.1. The lowest BCUT2D eigenvalue weighted by Gasteiger charge is -2.29. The van der Waals surface area contributed by atoms with Crippen molar-refractivity contribution in [3.8, 4) is 0 Å². The van der Waals surface area contributed by atoms with Crippen LogP contribution >= 0.6 is 0 Å². The van der Waals surface area contributed by atoms with E-state index in [4.69, 9.17) is 4.42 Å². The van der Waals surface area contributed by atoms with Gasteiger partial charge < -0.3 is 14.6 Å². The van der Waals surface area contributed by atoms with E-state index in [1.807, 2.05) is 0 Å². The lowest BCUT2D eigenvalue weighted by atomic mass is 9.77. The van der Waals surface area contributed by atoms with Gasteiger partial charge in [-0.2, -0.15) is 0 Å². The normalized spacial score (nSPS) is 22.1. The minimum Gasteiger partial charge on any atom is -0.406 e. The van der Waals surface area contributed by atoms with Crippen LogP contribution in [0.2, 0.25) is 0 Å². The van der Waals surface area contributed by atoms with Crippen LogP contribution in [-0.4, -0.2) is 29.8 Å². The molecule has 0 radical (unpaired) electrons. The maximum absolute atomic E-state index is 5.86. The van der Waals surface area contributed by atoms with Crippen LogP contribution in [-0.2, 0) is 0 Å². The van der Waals surface area contributed by atoms with Crippen molar-refractivity contribution in [1.29, 1.82) is 0 Å². The Labute approximate surface area is 128 Å². The predicted molar refractivity (Wildman–Crippen MR) is 85.4 cm³/mol. The molecule has 2 rings (SSSR count). The van der Waals surface area contributed by atoms with Gasteiger partial charge in [-0.15, -0.1) is 5.10 Å². The molecule has 1 aliphatic heterocycles. The lowest BCUT2D eigenvalue weighted by Crippen LogP contribution is -2.26. The van der Waals surface area contributed by atoms with E-state index in [0.717, 1.165) is 25.6 Å². The zero-order chi connectivity index (χ0) is 15.5. The highest BCUT2D eigenvalue weighted by atomic mass is 16.4. The van der Waals surface area contributed by atoms with Crippen LogP contribution in [0.1, 0.15) is 65.8 Å². The molecular weight excluding hydrogens is 264 g/mol. The molecule has 1 aromatic heterocycles. The van der Waals surface area contributed by atoms with Gasteiger partial charge in [-0.05, 0) is 44.1 Å². The third-order valence-electron chi connectivity index (χ3n) is 4.53. The molecule has 2 unspecified atom stereocenters. The summed E-state index contributed by atoms with van der Waals surface area (Å²) in [6.45, 7) is 14.1. The summed E-state index contributed by atoms with van der Waals surface area (Å²) in [6, 6.07) is 0.801. The van der Waals surface area contributed by atoms with E-state index < -0.39 is 0 Å². The number of aromatic nitrogens is 2. The van der Waals surface area contributed by atoms with Gasteiger partial charge in [0.1, 0.15) is 0 Å². The van der Waals surface area contributed by atoms with E-state index in [9.17, 15) is 0 Å². The van der Waals surface area contributed by atoms with Crippen LogP contribution in [0.3, 0.4) is 0 Å².